The number of benzene rings is 2. The predicted molar refractivity (Wildman–Crippen MR) is 86.0 cm³/mol. The van der Waals surface area contributed by atoms with Crippen molar-refractivity contribution in [1.29, 1.82) is 0 Å². The molecule has 0 aromatic heterocycles. The molecule has 2 aromatic rings. The molecule has 98 valence electrons. The molecule has 0 bridgehead atoms. The summed E-state index contributed by atoms with van der Waals surface area (Å²) in [6.45, 7) is 4.14. The van der Waals surface area contributed by atoms with Crippen LogP contribution in [0.25, 0.3) is 0 Å². The molecule has 0 spiro atoms. The number of halogens is 1. The molecule has 0 aliphatic heterocycles. The van der Waals surface area contributed by atoms with Crippen molar-refractivity contribution in [2.45, 2.75) is 13.8 Å². The van der Waals surface area contributed by atoms with Crippen molar-refractivity contribution in [2.75, 3.05) is 0 Å². The minimum absolute atomic E-state index is 0.374. The van der Waals surface area contributed by atoms with Crippen molar-refractivity contribution < 1.29 is 4.74 Å². The number of aryl methyl sites for hydroxylation is 2. The molecular formula is C15H14BrNOS. The largest absolute Gasteiger partial charge is 0.456 e. The first-order valence-corrected chi connectivity index (χ1v) is 7.02. The lowest BCUT2D eigenvalue weighted by atomic mass is 10.1. The minimum atomic E-state index is 0.374. The number of nitrogens with two attached hydrogens (primary N) is 1. The highest BCUT2D eigenvalue weighted by Gasteiger charge is 2.06. The van der Waals surface area contributed by atoms with Crippen molar-refractivity contribution >= 4 is 33.1 Å². The highest BCUT2D eigenvalue weighted by molar-refractivity contribution is 9.10. The molecule has 0 aliphatic carbocycles. The van der Waals surface area contributed by atoms with Crippen LogP contribution in [0.2, 0.25) is 0 Å². The normalized spacial score (nSPS) is 10.3. The molecule has 2 aromatic carbocycles. The summed E-state index contributed by atoms with van der Waals surface area (Å²) in [5.41, 5.74) is 8.85. The van der Waals surface area contributed by atoms with Gasteiger partial charge in [-0.3, -0.25) is 0 Å². The fourth-order valence-corrected chi connectivity index (χ4v) is 2.23. The average molecular weight is 336 g/mol. The first kappa shape index (κ1) is 14.0. The monoisotopic (exact) mass is 335 g/mol. The first-order chi connectivity index (χ1) is 8.97. The van der Waals surface area contributed by atoms with Gasteiger partial charge in [-0.05, 0) is 71.2 Å². The van der Waals surface area contributed by atoms with Crippen LogP contribution in [0.1, 0.15) is 16.7 Å². The van der Waals surface area contributed by atoms with E-state index in [0.717, 1.165) is 21.5 Å². The first-order valence-electron chi connectivity index (χ1n) is 5.82. The van der Waals surface area contributed by atoms with E-state index in [2.05, 4.69) is 29.8 Å². The lowest BCUT2D eigenvalue weighted by molar-refractivity contribution is 0.479. The standard InChI is InChI=1S/C15H14BrNOS/c1-9-3-5-12(7-10(9)2)18-14-6-4-11(15(17)19)8-13(14)16/h3-8H,1-2H3,(H2,17,19). The fraction of sp³-hybridized carbons (Fsp3) is 0.133. The molecule has 2 N–H and O–H groups in total. The van der Waals surface area contributed by atoms with Crippen LogP contribution in [-0.4, -0.2) is 4.99 Å². The average Bonchev–Trinajstić information content (AvgIpc) is 2.36. The lowest BCUT2D eigenvalue weighted by Gasteiger charge is -2.10. The third-order valence-corrected chi connectivity index (χ3v) is 3.78. The van der Waals surface area contributed by atoms with Crippen LogP contribution in [0.4, 0.5) is 0 Å². The van der Waals surface area contributed by atoms with E-state index in [1.54, 1.807) is 0 Å². The number of hydrogen-bond acceptors (Lipinski definition) is 2. The van der Waals surface area contributed by atoms with E-state index in [1.165, 1.54) is 11.1 Å². The van der Waals surface area contributed by atoms with Crippen LogP contribution in [0.5, 0.6) is 11.5 Å². The number of ether oxygens (including phenoxy) is 1. The van der Waals surface area contributed by atoms with Crippen LogP contribution >= 0.6 is 28.1 Å². The second kappa shape index (κ2) is 5.72. The van der Waals surface area contributed by atoms with Gasteiger partial charge in [0.05, 0.1) is 4.47 Å². The summed E-state index contributed by atoms with van der Waals surface area (Å²) in [5.74, 6) is 1.55. The van der Waals surface area contributed by atoms with Crippen LogP contribution in [0.15, 0.2) is 40.9 Å². The number of rotatable bonds is 3. The van der Waals surface area contributed by atoms with Crippen LogP contribution < -0.4 is 10.5 Å². The lowest BCUT2D eigenvalue weighted by Crippen LogP contribution is -2.09. The van der Waals surface area contributed by atoms with Gasteiger partial charge in [-0.1, -0.05) is 18.3 Å². The molecule has 4 heteroatoms. The topological polar surface area (TPSA) is 35.2 Å². The Labute approximate surface area is 126 Å². The van der Waals surface area contributed by atoms with E-state index in [0.29, 0.717) is 4.99 Å². The van der Waals surface area contributed by atoms with Gasteiger partial charge in [-0.15, -0.1) is 0 Å². The van der Waals surface area contributed by atoms with Gasteiger partial charge >= 0.3 is 0 Å². The van der Waals surface area contributed by atoms with Gasteiger partial charge in [0.25, 0.3) is 0 Å². The van der Waals surface area contributed by atoms with Gasteiger partial charge < -0.3 is 10.5 Å². The van der Waals surface area contributed by atoms with Gasteiger partial charge in [0, 0.05) is 5.56 Å². The molecule has 0 saturated carbocycles. The highest BCUT2D eigenvalue weighted by atomic mass is 79.9. The third kappa shape index (κ3) is 3.33. The molecule has 0 heterocycles. The third-order valence-electron chi connectivity index (χ3n) is 2.92. The molecular weight excluding hydrogens is 322 g/mol. The quantitative estimate of drug-likeness (QED) is 0.839. The second-order valence-electron chi connectivity index (χ2n) is 4.36. The Morgan fingerprint density at radius 3 is 2.42 bits per heavy atom. The van der Waals surface area contributed by atoms with Crippen LogP contribution in [0, 0.1) is 13.8 Å². The van der Waals surface area contributed by atoms with Gasteiger partial charge in [0.15, 0.2) is 0 Å². The molecule has 2 nitrogen and oxygen atoms in total. The Bertz CT molecular complexity index is 640. The van der Waals surface area contributed by atoms with Crippen molar-refractivity contribution in [3.8, 4) is 11.5 Å². The van der Waals surface area contributed by atoms with Gasteiger partial charge in [0.1, 0.15) is 16.5 Å². The maximum absolute atomic E-state index is 5.85. The van der Waals surface area contributed by atoms with E-state index in [-0.39, 0.29) is 0 Å². The molecule has 0 aliphatic rings. The predicted octanol–water partition coefficient (Wildman–Crippen LogP) is 4.49. The zero-order chi connectivity index (χ0) is 14.0. The molecule has 2 rings (SSSR count). The highest BCUT2D eigenvalue weighted by Crippen LogP contribution is 2.31. The Balaban J connectivity index is 2.28. The molecule has 0 amide bonds. The molecule has 0 unspecified atom stereocenters. The van der Waals surface area contributed by atoms with Crippen LogP contribution in [0.3, 0.4) is 0 Å². The van der Waals surface area contributed by atoms with Crippen LogP contribution in [-0.2, 0) is 0 Å². The maximum atomic E-state index is 5.85. The second-order valence-corrected chi connectivity index (χ2v) is 5.65. The van der Waals surface area contributed by atoms with Gasteiger partial charge in [0.2, 0.25) is 0 Å². The van der Waals surface area contributed by atoms with E-state index in [1.807, 2.05) is 36.4 Å². The maximum Gasteiger partial charge on any atom is 0.141 e. The minimum Gasteiger partial charge on any atom is -0.456 e. The number of thiocarbonyl (C=S) groups is 1. The van der Waals surface area contributed by atoms with E-state index in [9.17, 15) is 0 Å². The van der Waals surface area contributed by atoms with E-state index in [4.69, 9.17) is 22.7 Å². The van der Waals surface area contributed by atoms with Crippen molar-refractivity contribution in [3.63, 3.8) is 0 Å². The summed E-state index contributed by atoms with van der Waals surface area (Å²) in [5, 5.41) is 0. The molecule has 0 radical (unpaired) electrons. The Hall–Kier alpha value is -1.39. The van der Waals surface area contributed by atoms with Crippen molar-refractivity contribution in [2.24, 2.45) is 5.73 Å². The summed E-state index contributed by atoms with van der Waals surface area (Å²) in [4.78, 5) is 0.374. The zero-order valence-electron chi connectivity index (χ0n) is 10.7. The molecule has 19 heavy (non-hydrogen) atoms. The summed E-state index contributed by atoms with van der Waals surface area (Å²) < 4.78 is 6.68. The van der Waals surface area contributed by atoms with E-state index >= 15 is 0 Å². The van der Waals surface area contributed by atoms with Gasteiger partial charge in [-0.25, -0.2) is 0 Å². The van der Waals surface area contributed by atoms with E-state index < -0.39 is 0 Å². The molecule has 0 fully saturated rings. The van der Waals surface area contributed by atoms with Crippen molar-refractivity contribution in [1.82, 2.24) is 0 Å². The fourth-order valence-electron chi connectivity index (χ4n) is 1.64. The smallest absolute Gasteiger partial charge is 0.141 e. The summed E-state index contributed by atoms with van der Waals surface area (Å²) in [7, 11) is 0. The van der Waals surface area contributed by atoms with Gasteiger partial charge in [-0.2, -0.15) is 0 Å². The van der Waals surface area contributed by atoms with Crippen molar-refractivity contribution in [3.05, 3.63) is 57.6 Å². The Morgan fingerprint density at radius 2 is 1.84 bits per heavy atom. The Morgan fingerprint density at radius 1 is 1.11 bits per heavy atom. The number of hydrogen-bond donors (Lipinski definition) is 1. The molecule has 0 atom stereocenters. The Kier molecular flexibility index (Phi) is 4.22. The zero-order valence-corrected chi connectivity index (χ0v) is 13.1. The SMILES string of the molecule is Cc1ccc(Oc2ccc(C(N)=S)cc2Br)cc1C. The molecule has 0 saturated heterocycles. The summed E-state index contributed by atoms with van der Waals surface area (Å²) in [6.07, 6.45) is 0. The summed E-state index contributed by atoms with van der Waals surface area (Å²) >= 11 is 8.41. The summed E-state index contributed by atoms with van der Waals surface area (Å²) in [6, 6.07) is 11.6.